The van der Waals surface area contributed by atoms with Crippen LogP contribution in [-0.4, -0.2) is 33.4 Å². The van der Waals surface area contributed by atoms with Gasteiger partial charge in [-0.15, -0.1) is 10.2 Å². The third-order valence-corrected chi connectivity index (χ3v) is 6.46. The maximum Gasteiger partial charge on any atom is 0.235 e. The van der Waals surface area contributed by atoms with E-state index in [-0.39, 0.29) is 17.5 Å². The van der Waals surface area contributed by atoms with Crippen molar-refractivity contribution in [2.75, 3.05) is 11.5 Å². The number of amidine groups is 1. The predicted octanol–water partition coefficient (Wildman–Crippen LogP) is 4.48. The first-order chi connectivity index (χ1) is 15.0. The fourth-order valence-electron chi connectivity index (χ4n) is 3.20. The number of rotatable bonds is 5. The maximum atomic E-state index is 13.5. The molecule has 0 bridgehead atoms. The number of nitrogens with one attached hydrogen (secondary N) is 1. The zero-order valence-electron chi connectivity index (χ0n) is 16.6. The number of halogens is 1. The summed E-state index contributed by atoms with van der Waals surface area (Å²) in [6.07, 6.45) is 0.643. The number of nitrogen functional groups attached to an aromatic ring is 1. The van der Waals surface area contributed by atoms with E-state index < -0.39 is 5.92 Å². The number of aliphatic imine (C=N–C) groups is 2. The minimum Gasteiger partial charge on any atom is -0.374 e. The van der Waals surface area contributed by atoms with Crippen LogP contribution in [0.2, 0.25) is 0 Å². The van der Waals surface area contributed by atoms with E-state index in [0.717, 1.165) is 17.0 Å². The molecule has 1 unspecified atom stereocenters. The van der Waals surface area contributed by atoms with Gasteiger partial charge < -0.3 is 11.1 Å². The van der Waals surface area contributed by atoms with E-state index in [9.17, 15) is 9.18 Å². The molecule has 0 saturated carbocycles. The molecule has 2 heterocycles. The van der Waals surface area contributed by atoms with E-state index in [1.165, 1.54) is 35.2 Å². The fourth-order valence-corrected chi connectivity index (χ4v) is 4.63. The zero-order chi connectivity index (χ0) is 21.8. The highest BCUT2D eigenvalue weighted by molar-refractivity contribution is 8.01. The van der Waals surface area contributed by atoms with Gasteiger partial charge in [-0.1, -0.05) is 54.3 Å². The van der Waals surface area contributed by atoms with Crippen LogP contribution in [0.3, 0.4) is 0 Å². The van der Waals surface area contributed by atoms with Crippen molar-refractivity contribution in [2.24, 2.45) is 9.98 Å². The first kappa shape index (κ1) is 21.1. The number of hydrogen-bond acceptors (Lipinski definition) is 8. The molecule has 1 atom stereocenters. The summed E-state index contributed by atoms with van der Waals surface area (Å²) in [5.41, 5.74) is 8.63. The average Bonchev–Trinajstić information content (AvgIpc) is 3.11. The molecular weight excluding hydrogens is 435 g/mol. The monoisotopic (exact) mass is 454 g/mol. The number of fused-ring (bicyclic) bond motifs is 1. The molecule has 3 aromatic rings. The van der Waals surface area contributed by atoms with Gasteiger partial charge in [0, 0.05) is 5.71 Å². The standard InChI is InChI=1S/C21H19FN6OS2/c1-2-14-18(12-7-9-13(22)10-8-12)19(25-16-6-4-3-5-15(16)24-14)26-17(29)11-30-21-28-27-20(23)31-21/h3-10,18H,2,11H2,1H3,(H2,23,27)(H,25,26,29). The Kier molecular flexibility index (Phi) is 6.38. The highest BCUT2D eigenvalue weighted by Gasteiger charge is 2.28. The van der Waals surface area contributed by atoms with Crippen LogP contribution in [0.15, 0.2) is 62.9 Å². The molecule has 1 aromatic heterocycles. The van der Waals surface area contributed by atoms with Crippen LogP contribution in [0.4, 0.5) is 20.9 Å². The van der Waals surface area contributed by atoms with Gasteiger partial charge in [0.15, 0.2) is 4.34 Å². The number of carbonyl (C=O) groups excluding carboxylic acids is 1. The van der Waals surface area contributed by atoms with Crippen molar-refractivity contribution in [3.05, 3.63) is 59.9 Å². The van der Waals surface area contributed by atoms with Gasteiger partial charge in [0.25, 0.3) is 0 Å². The molecule has 0 spiro atoms. The average molecular weight is 455 g/mol. The molecule has 2 aromatic carbocycles. The van der Waals surface area contributed by atoms with Crippen LogP contribution >= 0.6 is 23.1 Å². The van der Waals surface area contributed by atoms with Crippen molar-refractivity contribution in [2.45, 2.75) is 23.6 Å². The highest BCUT2D eigenvalue weighted by Crippen LogP contribution is 2.35. The third-order valence-electron chi connectivity index (χ3n) is 4.58. The fraction of sp³-hybridized carbons (Fsp3) is 0.190. The number of anilines is 1. The summed E-state index contributed by atoms with van der Waals surface area (Å²) < 4.78 is 14.2. The van der Waals surface area contributed by atoms with Gasteiger partial charge in [-0.05, 0) is 36.2 Å². The van der Waals surface area contributed by atoms with Gasteiger partial charge >= 0.3 is 0 Å². The van der Waals surface area contributed by atoms with Crippen LogP contribution in [0.5, 0.6) is 0 Å². The number of nitrogens with zero attached hydrogens (tertiary/aromatic N) is 4. The van der Waals surface area contributed by atoms with Crippen molar-refractivity contribution in [1.29, 1.82) is 0 Å². The number of amides is 1. The first-order valence-corrected chi connectivity index (χ1v) is 11.4. The minimum atomic E-state index is -0.399. The Bertz CT molecular complexity index is 1160. The number of thioether (sulfide) groups is 1. The molecule has 1 aliphatic rings. The second-order valence-corrected chi connectivity index (χ2v) is 8.90. The number of nitrogens with two attached hydrogens (primary N) is 1. The quantitative estimate of drug-likeness (QED) is 0.553. The molecule has 1 amide bonds. The number of hydrogen-bond donors (Lipinski definition) is 2. The lowest BCUT2D eigenvalue weighted by Crippen LogP contribution is -2.38. The second kappa shape index (κ2) is 9.36. The lowest BCUT2D eigenvalue weighted by atomic mass is 9.91. The molecule has 0 aliphatic carbocycles. The predicted molar refractivity (Wildman–Crippen MR) is 123 cm³/mol. The Balaban J connectivity index is 1.66. The summed E-state index contributed by atoms with van der Waals surface area (Å²) in [5.74, 6) is -0.377. The lowest BCUT2D eigenvalue weighted by molar-refractivity contribution is -0.117. The molecule has 0 radical (unpaired) electrons. The summed E-state index contributed by atoms with van der Waals surface area (Å²) in [6.45, 7) is 2.00. The number of carbonyl (C=O) groups is 1. The summed E-state index contributed by atoms with van der Waals surface area (Å²) in [4.78, 5) is 22.3. The van der Waals surface area contributed by atoms with E-state index in [1.807, 2.05) is 31.2 Å². The molecule has 31 heavy (non-hydrogen) atoms. The molecule has 10 heteroatoms. The van der Waals surface area contributed by atoms with Crippen LogP contribution in [-0.2, 0) is 4.79 Å². The van der Waals surface area contributed by atoms with Gasteiger partial charge in [-0.3, -0.25) is 9.79 Å². The zero-order valence-corrected chi connectivity index (χ0v) is 18.2. The summed E-state index contributed by atoms with van der Waals surface area (Å²) in [7, 11) is 0. The van der Waals surface area contributed by atoms with Gasteiger partial charge in [-0.25, -0.2) is 9.38 Å². The number of para-hydroxylation sites is 2. The van der Waals surface area contributed by atoms with Crippen molar-refractivity contribution in [3.63, 3.8) is 0 Å². The third kappa shape index (κ3) is 4.97. The molecule has 158 valence electrons. The van der Waals surface area contributed by atoms with Gasteiger partial charge in [0.1, 0.15) is 11.7 Å². The Labute approximate surface area is 186 Å². The Hall–Kier alpha value is -3.11. The number of benzene rings is 2. The van der Waals surface area contributed by atoms with Gasteiger partial charge in [0.05, 0.1) is 23.0 Å². The van der Waals surface area contributed by atoms with Gasteiger partial charge in [0.2, 0.25) is 11.0 Å². The van der Waals surface area contributed by atoms with E-state index in [0.29, 0.717) is 27.4 Å². The lowest BCUT2D eigenvalue weighted by Gasteiger charge is -2.20. The Morgan fingerprint density at radius 2 is 1.84 bits per heavy atom. The normalized spacial score (nSPS) is 15.5. The molecule has 4 rings (SSSR count). The highest BCUT2D eigenvalue weighted by atomic mass is 32.2. The van der Waals surface area contributed by atoms with Crippen LogP contribution < -0.4 is 11.1 Å². The van der Waals surface area contributed by atoms with Crippen molar-refractivity contribution < 1.29 is 9.18 Å². The summed E-state index contributed by atoms with van der Waals surface area (Å²) in [6, 6.07) is 13.7. The molecule has 1 aliphatic heterocycles. The van der Waals surface area contributed by atoms with Crippen molar-refractivity contribution in [3.8, 4) is 0 Å². The SMILES string of the molecule is CCC1=Nc2ccccc2N=C(NC(=O)CSc2nnc(N)s2)C1c1ccc(F)cc1. The summed E-state index contributed by atoms with van der Waals surface area (Å²) in [5, 5.41) is 11.0. The molecule has 7 nitrogen and oxygen atoms in total. The van der Waals surface area contributed by atoms with E-state index in [1.54, 1.807) is 12.1 Å². The molecule has 0 saturated heterocycles. The first-order valence-electron chi connectivity index (χ1n) is 9.55. The van der Waals surface area contributed by atoms with Crippen molar-refractivity contribution >= 4 is 57.1 Å². The van der Waals surface area contributed by atoms with E-state index in [2.05, 4.69) is 15.5 Å². The van der Waals surface area contributed by atoms with Crippen LogP contribution in [0, 0.1) is 5.82 Å². The van der Waals surface area contributed by atoms with Crippen LogP contribution in [0.1, 0.15) is 24.8 Å². The van der Waals surface area contributed by atoms with Crippen LogP contribution in [0.25, 0.3) is 0 Å². The number of aromatic nitrogens is 2. The Morgan fingerprint density at radius 1 is 1.13 bits per heavy atom. The van der Waals surface area contributed by atoms with E-state index in [4.69, 9.17) is 15.7 Å². The minimum absolute atomic E-state index is 0.129. The summed E-state index contributed by atoms with van der Waals surface area (Å²) >= 11 is 2.48. The molecule has 3 N–H and O–H groups in total. The Morgan fingerprint density at radius 3 is 2.48 bits per heavy atom. The smallest absolute Gasteiger partial charge is 0.235 e. The van der Waals surface area contributed by atoms with E-state index >= 15 is 0 Å². The largest absolute Gasteiger partial charge is 0.374 e. The van der Waals surface area contributed by atoms with Crippen molar-refractivity contribution in [1.82, 2.24) is 15.5 Å². The maximum absolute atomic E-state index is 13.5. The molecule has 0 fully saturated rings. The molecular formula is C21H19FN6OS2. The van der Waals surface area contributed by atoms with Gasteiger partial charge in [-0.2, -0.15) is 0 Å². The second-order valence-electron chi connectivity index (χ2n) is 6.67. The topological polar surface area (TPSA) is 106 Å².